The molecule has 3 N–H and O–H groups in total. The maximum atomic E-state index is 15.1. The van der Waals surface area contributed by atoms with Crippen molar-refractivity contribution in [3.63, 3.8) is 0 Å². The first kappa shape index (κ1) is 22.5. The number of aromatic nitrogens is 3. The third kappa shape index (κ3) is 4.21. The number of alkyl halides is 2. The molecule has 1 unspecified atom stereocenters. The number of aliphatic hydroxyl groups is 1. The Kier molecular flexibility index (Phi) is 5.71. The van der Waals surface area contributed by atoms with Gasteiger partial charge in [-0.1, -0.05) is 30.3 Å². The number of nitrogens with zero attached hydrogens (tertiary/aromatic N) is 3. The second-order valence-electron chi connectivity index (χ2n) is 7.67. The van der Waals surface area contributed by atoms with E-state index in [1.807, 2.05) is 0 Å². The minimum atomic E-state index is -3.63. The van der Waals surface area contributed by atoms with E-state index < -0.39 is 41.9 Å². The van der Waals surface area contributed by atoms with Crippen molar-refractivity contribution >= 4 is 11.6 Å². The lowest BCUT2D eigenvalue weighted by Crippen LogP contribution is -2.43. The fraction of sp³-hybridized carbons (Fsp3) is 0.217. The van der Waals surface area contributed by atoms with Gasteiger partial charge in [0.05, 0.1) is 6.61 Å². The Labute approximate surface area is 186 Å². The van der Waals surface area contributed by atoms with Crippen molar-refractivity contribution in [2.75, 3.05) is 12.3 Å². The Bertz CT molecular complexity index is 1290. The summed E-state index contributed by atoms with van der Waals surface area (Å²) in [7, 11) is 0. The van der Waals surface area contributed by atoms with Crippen LogP contribution in [0.15, 0.2) is 60.8 Å². The second-order valence-corrected chi connectivity index (χ2v) is 7.67. The molecule has 0 bridgehead atoms. The molecule has 6 nitrogen and oxygen atoms in total. The smallest absolute Gasteiger partial charge is 0.283 e. The topological polar surface area (TPSA) is 85.7 Å². The van der Waals surface area contributed by atoms with E-state index in [0.717, 1.165) is 13.0 Å². The van der Waals surface area contributed by atoms with Gasteiger partial charge < -0.3 is 15.6 Å². The maximum absolute atomic E-state index is 15.1. The highest BCUT2D eigenvalue weighted by molar-refractivity contribution is 5.69. The molecule has 2 aromatic carbocycles. The fourth-order valence-corrected chi connectivity index (χ4v) is 3.45. The van der Waals surface area contributed by atoms with Crippen LogP contribution in [0.1, 0.15) is 18.9 Å². The van der Waals surface area contributed by atoms with Gasteiger partial charge in [-0.3, -0.25) is 0 Å². The van der Waals surface area contributed by atoms with Gasteiger partial charge in [0, 0.05) is 18.2 Å². The van der Waals surface area contributed by atoms with E-state index in [4.69, 9.17) is 10.5 Å². The number of rotatable bonds is 7. The second kappa shape index (κ2) is 8.36. The van der Waals surface area contributed by atoms with Crippen LogP contribution in [0.3, 0.4) is 0 Å². The van der Waals surface area contributed by atoms with Crippen molar-refractivity contribution in [1.82, 2.24) is 14.6 Å². The number of anilines is 1. The van der Waals surface area contributed by atoms with E-state index in [2.05, 4.69) is 10.1 Å². The van der Waals surface area contributed by atoms with E-state index in [1.165, 1.54) is 53.2 Å². The van der Waals surface area contributed by atoms with Crippen LogP contribution in [0, 0.1) is 11.6 Å². The fourth-order valence-electron chi connectivity index (χ4n) is 3.45. The molecule has 4 rings (SSSR count). The first-order valence-corrected chi connectivity index (χ1v) is 9.99. The Morgan fingerprint density at radius 3 is 2.55 bits per heavy atom. The molecule has 0 radical (unpaired) electrons. The van der Waals surface area contributed by atoms with Gasteiger partial charge in [0.2, 0.25) is 5.95 Å². The minimum absolute atomic E-state index is 0.0128. The first-order chi connectivity index (χ1) is 15.6. The molecule has 10 heteroatoms. The average molecular weight is 460 g/mol. The molecule has 0 saturated carbocycles. The summed E-state index contributed by atoms with van der Waals surface area (Å²) in [5, 5.41) is 14.3. The first-order valence-electron chi connectivity index (χ1n) is 9.99. The molecular weight excluding hydrogens is 440 g/mol. The quantitative estimate of drug-likeness (QED) is 0.395. The summed E-state index contributed by atoms with van der Waals surface area (Å²) in [4.78, 5) is 3.99. The normalized spacial score (nSPS) is 13.8. The van der Waals surface area contributed by atoms with Crippen molar-refractivity contribution in [1.29, 1.82) is 0 Å². The summed E-state index contributed by atoms with van der Waals surface area (Å²) in [5.41, 5.74) is 3.74. The van der Waals surface area contributed by atoms with Crippen LogP contribution in [0.25, 0.3) is 16.8 Å². The Hall–Kier alpha value is -3.66. The summed E-state index contributed by atoms with van der Waals surface area (Å²) >= 11 is 0. The monoisotopic (exact) mass is 460 g/mol. The van der Waals surface area contributed by atoms with Gasteiger partial charge >= 0.3 is 0 Å². The lowest BCUT2D eigenvalue weighted by atomic mass is 9.87. The number of fused-ring (bicyclic) bond motifs is 1. The van der Waals surface area contributed by atoms with Crippen molar-refractivity contribution in [2.45, 2.75) is 24.9 Å². The zero-order chi connectivity index (χ0) is 23.8. The number of hydrogen-bond donors (Lipinski definition) is 2. The molecule has 0 fully saturated rings. The maximum Gasteiger partial charge on any atom is 0.283 e. The van der Waals surface area contributed by atoms with E-state index in [1.54, 1.807) is 6.07 Å². The molecule has 0 aliphatic carbocycles. The zero-order valence-corrected chi connectivity index (χ0v) is 17.5. The number of hydrogen-bond acceptors (Lipinski definition) is 5. The summed E-state index contributed by atoms with van der Waals surface area (Å²) in [5.74, 6) is -6.48. The van der Waals surface area contributed by atoms with Crippen molar-refractivity contribution < 1.29 is 27.4 Å². The molecule has 0 spiro atoms. The average Bonchev–Trinajstić information content (AvgIpc) is 3.15. The molecular formula is C23H20F4N4O2. The molecule has 2 heterocycles. The number of nitrogens with two attached hydrogens (primary N) is 1. The predicted molar refractivity (Wildman–Crippen MR) is 114 cm³/mol. The van der Waals surface area contributed by atoms with E-state index in [0.29, 0.717) is 11.2 Å². The van der Waals surface area contributed by atoms with Crippen LogP contribution in [0.5, 0.6) is 5.75 Å². The third-order valence-electron chi connectivity index (χ3n) is 5.42. The molecule has 0 aliphatic heterocycles. The number of nitrogen functional groups attached to an aromatic ring is 1. The SMILES string of the molecule is CC(O)(c1ccccc1)C(F)(F)CCOc1c(F)ccc(-c2ccn3nc(N)nc3c2)c1F. The van der Waals surface area contributed by atoms with Crippen LogP contribution in [0.4, 0.5) is 23.5 Å². The van der Waals surface area contributed by atoms with Crippen molar-refractivity contribution in [3.05, 3.63) is 78.0 Å². The number of ether oxygens (including phenoxy) is 1. The highest BCUT2D eigenvalue weighted by Crippen LogP contribution is 2.40. The molecule has 0 saturated heterocycles. The van der Waals surface area contributed by atoms with Crippen LogP contribution in [-0.2, 0) is 5.60 Å². The predicted octanol–water partition coefficient (Wildman–Crippen LogP) is 4.57. The lowest BCUT2D eigenvalue weighted by molar-refractivity contribution is -0.184. The molecule has 0 aliphatic rings. The van der Waals surface area contributed by atoms with Crippen molar-refractivity contribution in [2.24, 2.45) is 0 Å². The summed E-state index contributed by atoms with van der Waals surface area (Å²) in [6.07, 6.45) is 0.534. The van der Waals surface area contributed by atoms with Gasteiger partial charge in [-0.15, -0.1) is 5.10 Å². The number of halogens is 4. The number of benzene rings is 2. The molecule has 33 heavy (non-hydrogen) atoms. The highest BCUT2D eigenvalue weighted by atomic mass is 19.3. The number of pyridine rings is 1. The Morgan fingerprint density at radius 2 is 1.82 bits per heavy atom. The van der Waals surface area contributed by atoms with Gasteiger partial charge in [-0.05, 0) is 42.3 Å². The highest BCUT2D eigenvalue weighted by Gasteiger charge is 2.49. The van der Waals surface area contributed by atoms with Gasteiger partial charge in [0.25, 0.3) is 5.92 Å². The molecule has 1 atom stereocenters. The van der Waals surface area contributed by atoms with Gasteiger partial charge in [0.1, 0.15) is 0 Å². The molecule has 4 aromatic rings. The Balaban J connectivity index is 1.55. The van der Waals surface area contributed by atoms with Crippen LogP contribution >= 0.6 is 0 Å². The summed E-state index contributed by atoms with van der Waals surface area (Å²) < 4.78 is 65.3. The summed E-state index contributed by atoms with van der Waals surface area (Å²) in [6.45, 7) is 0.254. The van der Waals surface area contributed by atoms with Gasteiger partial charge in [-0.2, -0.15) is 4.98 Å². The summed E-state index contributed by atoms with van der Waals surface area (Å²) in [6, 6.07) is 12.6. The molecule has 0 amide bonds. The Morgan fingerprint density at radius 1 is 1.09 bits per heavy atom. The van der Waals surface area contributed by atoms with Gasteiger partial charge in [0.15, 0.2) is 28.6 Å². The third-order valence-corrected chi connectivity index (χ3v) is 5.42. The van der Waals surface area contributed by atoms with E-state index in [-0.39, 0.29) is 17.1 Å². The molecule has 2 aromatic heterocycles. The van der Waals surface area contributed by atoms with Gasteiger partial charge in [-0.25, -0.2) is 22.1 Å². The van der Waals surface area contributed by atoms with Crippen LogP contribution in [-0.4, -0.2) is 32.2 Å². The minimum Gasteiger partial charge on any atom is -0.487 e. The van der Waals surface area contributed by atoms with E-state index >= 15 is 4.39 Å². The standard InChI is InChI=1S/C23H20F4N4O2/c1-22(32,15-5-3-2-4-6-15)23(26,27)10-12-33-20-17(24)8-7-16(19(20)25)14-9-11-31-18(13-14)29-21(28)30-31/h2-9,11,13,32H,10,12H2,1H3,(H2,28,30). The van der Waals surface area contributed by atoms with Crippen LogP contribution < -0.4 is 10.5 Å². The zero-order valence-electron chi connectivity index (χ0n) is 17.5. The molecule has 172 valence electrons. The van der Waals surface area contributed by atoms with E-state index in [9.17, 15) is 18.3 Å². The largest absolute Gasteiger partial charge is 0.487 e. The van der Waals surface area contributed by atoms with Crippen molar-refractivity contribution in [3.8, 4) is 16.9 Å². The van der Waals surface area contributed by atoms with Crippen LogP contribution in [0.2, 0.25) is 0 Å². The lowest BCUT2D eigenvalue weighted by Gasteiger charge is -2.33.